The van der Waals surface area contributed by atoms with E-state index in [1.54, 1.807) is 18.2 Å². The molecule has 0 aliphatic rings. The van der Waals surface area contributed by atoms with Crippen LogP contribution in [0.3, 0.4) is 0 Å². The molecule has 0 atom stereocenters. The summed E-state index contributed by atoms with van der Waals surface area (Å²) in [4.78, 5) is 24.6. The summed E-state index contributed by atoms with van der Waals surface area (Å²) in [5.74, 6) is -0.301. The first kappa shape index (κ1) is 24.1. The lowest BCUT2D eigenvalue weighted by Crippen LogP contribution is -2.08. The van der Waals surface area contributed by atoms with Crippen LogP contribution < -0.4 is 4.74 Å². The second-order valence-corrected chi connectivity index (χ2v) is 7.66. The summed E-state index contributed by atoms with van der Waals surface area (Å²) in [6, 6.07) is 20.7. The fraction of sp³-hybridized carbons (Fsp3) is 0.286. The van der Waals surface area contributed by atoms with Gasteiger partial charge in [-0.2, -0.15) is 0 Å². The number of methoxy groups -OCH3 is 1. The van der Waals surface area contributed by atoms with Crippen molar-refractivity contribution in [3.63, 3.8) is 0 Å². The zero-order chi connectivity index (χ0) is 23.6. The second-order valence-electron chi connectivity index (χ2n) is 7.66. The number of hydrogen-bond acceptors (Lipinski definition) is 5. The number of ether oxygens (including phenoxy) is 3. The van der Waals surface area contributed by atoms with E-state index in [-0.39, 0.29) is 12.6 Å². The maximum Gasteiger partial charge on any atom is 0.341 e. The van der Waals surface area contributed by atoms with Gasteiger partial charge in [-0.25, -0.2) is 9.59 Å². The Bertz CT molecular complexity index is 1090. The Balaban J connectivity index is 1.85. The molecule has 0 bridgehead atoms. The predicted octanol–water partition coefficient (Wildman–Crippen LogP) is 6.24. The molecule has 3 rings (SSSR count). The Kier molecular flexibility index (Phi) is 8.64. The topological polar surface area (TPSA) is 61.8 Å². The molecule has 0 fully saturated rings. The molecule has 3 aromatic rings. The molecular formula is C28H30O5. The normalized spacial score (nSPS) is 10.5. The minimum Gasteiger partial charge on any atom is -0.487 e. The van der Waals surface area contributed by atoms with Crippen molar-refractivity contribution in [3.8, 4) is 16.9 Å². The summed E-state index contributed by atoms with van der Waals surface area (Å²) in [7, 11) is 1.36. The van der Waals surface area contributed by atoms with E-state index in [4.69, 9.17) is 14.2 Å². The van der Waals surface area contributed by atoms with Crippen molar-refractivity contribution in [3.05, 3.63) is 89.0 Å². The van der Waals surface area contributed by atoms with Crippen molar-refractivity contribution < 1.29 is 23.8 Å². The molecular weight excluding hydrogens is 416 g/mol. The first-order valence-electron chi connectivity index (χ1n) is 11.3. The number of esters is 2. The van der Waals surface area contributed by atoms with E-state index < -0.39 is 5.97 Å². The first-order chi connectivity index (χ1) is 16.1. The number of unbranched alkanes of at least 4 members (excludes halogenated alkanes) is 1. The number of para-hydroxylation sites is 1. The lowest BCUT2D eigenvalue weighted by molar-refractivity contribution is 0.0498. The molecule has 3 aromatic carbocycles. The van der Waals surface area contributed by atoms with Gasteiger partial charge < -0.3 is 14.2 Å². The summed E-state index contributed by atoms with van der Waals surface area (Å²) in [6.45, 7) is 4.80. The molecule has 0 saturated heterocycles. The van der Waals surface area contributed by atoms with E-state index in [1.165, 1.54) is 7.11 Å². The van der Waals surface area contributed by atoms with Crippen LogP contribution in [0.1, 0.15) is 58.5 Å². The molecule has 5 heteroatoms. The van der Waals surface area contributed by atoms with Crippen LogP contribution in [0.15, 0.2) is 66.7 Å². The zero-order valence-corrected chi connectivity index (χ0v) is 19.4. The molecule has 0 N–H and O–H groups in total. The van der Waals surface area contributed by atoms with Gasteiger partial charge in [0.25, 0.3) is 0 Å². The van der Waals surface area contributed by atoms with Gasteiger partial charge in [0.1, 0.15) is 17.9 Å². The minimum absolute atomic E-state index is 0.237. The van der Waals surface area contributed by atoms with Crippen LogP contribution in [0.25, 0.3) is 11.1 Å². The van der Waals surface area contributed by atoms with Gasteiger partial charge in [0.2, 0.25) is 0 Å². The van der Waals surface area contributed by atoms with Crippen molar-refractivity contribution >= 4 is 11.9 Å². The SMILES string of the molecule is CCCCOC(=O)c1ccc(COc2c(C(=O)OC)cccc2-c2ccccc2CC)cc1. The number of carbonyl (C=O) groups is 2. The van der Waals surface area contributed by atoms with Gasteiger partial charge in [0, 0.05) is 5.56 Å². The van der Waals surface area contributed by atoms with Gasteiger partial charge in [-0.05, 0) is 47.7 Å². The van der Waals surface area contributed by atoms with Gasteiger partial charge in [-0.1, -0.05) is 68.8 Å². The third kappa shape index (κ3) is 6.01. The summed E-state index contributed by atoms with van der Waals surface area (Å²) < 4.78 is 16.4. The second kappa shape index (κ2) is 11.9. The van der Waals surface area contributed by atoms with E-state index in [0.717, 1.165) is 41.5 Å². The van der Waals surface area contributed by atoms with Crippen molar-refractivity contribution in [2.75, 3.05) is 13.7 Å². The maximum atomic E-state index is 12.5. The smallest absolute Gasteiger partial charge is 0.341 e. The molecule has 0 aliphatic heterocycles. The molecule has 33 heavy (non-hydrogen) atoms. The molecule has 0 saturated carbocycles. The Hall–Kier alpha value is -3.60. The first-order valence-corrected chi connectivity index (χ1v) is 11.3. The van der Waals surface area contributed by atoms with Gasteiger partial charge >= 0.3 is 11.9 Å². The molecule has 0 amide bonds. The number of hydrogen-bond donors (Lipinski definition) is 0. The third-order valence-electron chi connectivity index (χ3n) is 5.41. The van der Waals surface area contributed by atoms with Crippen LogP contribution >= 0.6 is 0 Å². The molecule has 172 valence electrons. The highest BCUT2D eigenvalue weighted by molar-refractivity contribution is 5.96. The van der Waals surface area contributed by atoms with Crippen molar-refractivity contribution in [2.45, 2.75) is 39.7 Å². The van der Waals surface area contributed by atoms with E-state index >= 15 is 0 Å². The lowest BCUT2D eigenvalue weighted by Gasteiger charge is -2.17. The summed E-state index contributed by atoms with van der Waals surface area (Å²) >= 11 is 0. The molecule has 0 radical (unpaired) electrons. The molecule has 0 aromatic heterocycles. The number of benzene rings is 3. The van der Waals surface area contributed by atoms with Crippen molar-refractivity contribution in [2.24, 2.45) is 0 Å². The lowest BCUT2D eigenvalue weighted by atomic mass is 9.95. The van der Waals surface area contributed by atoms with E-state index in [0.29, 0.717) is 23.5 Å². The fourth-order valence-corrected chi connectivity index (χ4v) is 3.55. The fourth-order valence-electron chi connectivity index (χ4n) is 3.55. The van der Waals surface area contributed by atoms with E-state index in [1.807, 2.05) is 49.4 Å². The third-order valence-corrected chi connectivity index (χ3v) is 5.41. The Morgan fingerprint density at radius 2 is 1.55 bits per heavy atom. The van der Waals surface area contributed by atoms with Crippen LogP contribution in [0.2, 0.25) is 0 Å². The Morgan fingerprint density at radius 1 is 0.818 bits per heavy atom. The van der Waals surface area contributed by atoms with Gasteiger partial charge in [0.15, 0.2) is 0 Å². The zero-order valence-electron chi connectivity index (χ0n) is 19.4. The van der Waals surface area contributed by atoms with Gasteiger partial charge in [0.05, 0.1) is 19.3 Å². The van der Waals surface area contributed by atoms with Crippen LogP contribution in [0.4, 0.5) is 0 Å². The highest BCUT2D eigenvalue weighted by atomic mass is 16.5. The number of aryl methyl sites for hydroxylation is 1. The summed E-state index contributed by atoms with van der Waals surface area (Å²) in [6.07, 6.45) is 2.68. The van der Waals surface area contributed by atoms with Crippen molar-refractivity contribution in [1.29, 1.82) is 0 Å². The van der Waals surface area contributed by atoms with Crippen LogP contribution in [0, 0.1) is 0 Å². The van der Waals surface area contributed by atoms with Crippen molar-refractivity contribution in [1.82, 2.24) is 0 Å². The van der Waals surface area contributed by atoms with Gasteiger partial charge in [-0.3, -0.25) is 0 Å². The molecule has 0 heterocycles. The summed E-state index contributed by atoms with van der Waals surface area (Å²) in [5, 5.41) is 0. The molecule has 0 aliphatic carbocycles. The molecule has 0 spiro atoms. The van der Waals surface area contributed by atoms with Crippen LogP contribution in [-0.4, -0.2) is 25.7 Å². The Morgan fingerprint density at radius 3 is 2.24 bits per heavy atom. The average molecular weight is 447 g/mol. The summed E-state index contributed by atoms with van der Waals surface area (Å²) in [5.41, 5.74) is 4.77. The predicted molar refractivity (Wildman–Crippen MR) is 129 cm³/mol. The monoisotopic (exact) mass is 446 g/mol. The maximum absolute atomic E-state index is 12.5. The highest BCUT2D eigenvalue weighted by Gasteiger charge is 2.19. The average Bonchev–Trinajstić information content (AvgIpc) is 2.87. The van der Waals surface area contributed by atoms with Crippen LogP contribution in [0.5, 0.6) is 5.75 Å². The minimum atomic E-state index is -0.453. The molecule has 5 nitrogen and oxygen atoms in total. The standard InChI is InChI=1S/C28H30O5/c1-4-6-18-32-27(29)22-16-14-20(15-17-22)19-33-26-24(12-9-13-25(26)28(30)31-3)23-11-8-7-10-21(23)5-2/h7-17H,4-6,18-19H2,1-3H3. The highest BCUT2D eigenvalue weighted by Crippen LogP contribution is 2.36. The quantitative estimate of drug-likeness (QED) is 0.273. The number of carbonyl (C=O) groups excluding carboxylic acids is 2. The number of rotatable bonds is 10. The Labute approximate surface area is 195 Å². The van der Waals surface area contributed by atoms with E-state index in [9.17, 15) is 9.59 Å². The largest absolute Gasteiger partial charge is 0.487 e. The molecule has 0 unspecified atom stereocenters. The van der Waals surface area contributed by atoms with E-state index in [2.05, 4.69) is 13.0 Å². The van der Waals surface area contributed by atoms with Gasteiger partial charge in [-0.15, -0.1) is 0 Å². The van der Waals surface area contributed by atoms with Crippen LogP contribution in [-0.2, 0) is 22.5 Å².